The average molecular weight is 332 g/mol. The summed E-state index contributed by atoms with van der Waals surface area (Å²) >= 11 is 0. The van der Waals surface area contributed by atoms with Crippen LogP contribution in [0, 0.1) is 5.41 Å². The molecule has 1 nitrogen and oxygen atoms in total. The number of rotatable bonds is 16. The minimum absolute atomic E-state index is 0. The van der Waals surface area contributed by atoms with Crippen LogP contribution in [0.1, 0.15) is 124 Å². The molecule has 0 unspecified atom stereocenters. The lowest BCUT2D eigenvalue weighted by molar-refractivity contribution is 0.356. The molecule has 0 saturated carbocycles. The van der Waals surface area contributed by atoms with Gasteiger partial charge in [0.15, 0.2) is 0 Å². The molecule has 0 fully saturated rings. The fraction of sp³-hybridized carbons (Fsp3) is 1.00. The summed E-state index contributed by atoms with van der Waals surface area (Å²) in [4.78, 5) is 0. The van der Waals surface area contributed by atoms with Crippen molar-refractivity contribution in [2.45, 2.75) is 124 Å². The number of hydrogen-bond acceptors (Lipinski definition) is 1. The van der Waals surface area contributed by atoms with Gasteiger partial charge < -0.3 is 5.73 Å². The number of halogens is 1. The Morgan fingerprint density at radius 1 is 0.478 bits per heavy atom. The molecule has 0 aromatic rings. The van der Waals surface area contributed by atoms with Crippen LogP contribution in [0.5, 0.6) is 0 Å². The topological polar surface area (TPSA) is 26.0 Å². The average Bonchev–Trinajstić information content (AvgIpc) is 2.45. The van der Waals surface area contributed by atoms with Gasteiger partial charge in [-0.2, -0.15) is 0 Å². The lowest BCUT2D eigenvalue weighted by Gasteiger charge is -2.17. The molecule has 0 aliphatic rings. The zero-order valence-corrected chi connectivity index (χ0v) is 16.5. The summed E-state index contributed by atoms with van der Waals surface area (Å²) in [5, 5.41) is 0. The first kappa shape index (κ1) is 25.1. The van der Waals surface area contributed by atoms with Crippen LogP contribution >= 0.6 is 0 Å². The second-order valence-corrected chi connectivity index (χ2v) is 8.40. The fourth-order valence-electron chi connectivity index (χ4n) is 3.10. The highest BCUT2D eigenvalue weighted by Crippen LogP contribution is 2.22. The maximum atomic E-state index is 5.50. The lowest BCUT2D eigenvalue weighted by atomic mass is 9.89. The van der Waals surface area contributed by atoms with Gasteiger partial charge in [-0.3, -0.25) is 4.70 Å². The van der Waals surface area contributed by atoms with Gasteiger partial charge in [-0.1, -0.05) is 111 Å². The molecule has 0 bridgehead atoms. The Morgan fingerprint density at radius 3 is 1.00 bits per heavy atom. The first-order chi connectivity index (χ1) is 10.6. The molecular formula is C21H46FN. The van der Waals surface area contributed by atoms with Gasteiger partial charge in [0.25, 0.3) is 0 Å². The van der Waals surface area contributed by atoms with Gasteiger partial charge in [-0.25, -0.2) is 0 Å². The Labute approximate surface area is 146 Å². The van der Waals surface area contributed by atoms with E-state index in [1.165, 1.54) is 103 Å². The second kappa shape index (κ2) is 18.2. The molecule has 2 N–H and O–H groups in total. The standard InChI is InChI=1S/C21H45N.FH/c1-21(2,3)19-17-15-13-11-9-7-5-4-6-8-10-12-14-16-18-20-22;/h4-20,22H2,1-3H3;1H. The van der Waals surface area contributed by atoms with E-state index in [0.717, 1.165) is 6.54 Å². The summed E-state index contributed by atoms with van der Waals surface area (Å²) < 4.78 is 0. The van der Waals surface area contributed by atoms with E-state index in [-0.39, 0.29) is 4.70 Å². The summed E-state index contributed by atoms with van der Waals surface area (Å²) in [6, 6.07) is 0. The predicted octanol–water partition coefficient (Wildman–Crippen LogP) is 7.39. The summed E-state index contributed by atoms with van der Waals surface area (Å²) in [6.07, 6.45) is 22.8. The molecule has 0 aromatic carbocycles. The zero-order chi connectivity index (χ0) is 16.5. The molecule has 0 aliphatic heterocycles. The molecule has 23 heavy (non-hydrogen) atoms. The van der Waals surface area contributed by atoms with Crippen molar-refractivity contribution >= 4 is 0 Å². The number of unbranched alkanes of at least 4 members (excludes halogenated alkanes) is 14. The molecule has 0 radical (unpaired) electrons. The minimum Gasteiger partial charge on any atom is -0.330 e. The van der Waals surface area contributed by atoms with Crippen molar-refractivity contribution in [3.05, 3.63) is 0 Å². The zero-order valence-electron chi connectivity index (χ0n) is 16.5. The highest BCUT2D eigenvalue weighted by atomic mass is 19.0. The third kappa shape index (κ3) is 24.3. The highest BCUT2D eigenvalue weighted by molar-refractivity contribution is 4.61. The van der Waals surface area contributed by atoms with Crippen LogP contribution in [0.15, 0.2) is 0 Å². The normalized spacial score (nSPS) is 11.5. The van der Waals surface area contributed by atoms with Crippen molar-refractivity contribution in [2.24, 2.45) is 11.1 Å². The van der Waals surface area contributed by atoms with Crippen molar-refractivity contribution in [3.8, 4) is 0 Å². The molecule has 0 rings (SSSR count). The van der Waals surface area contributed by atoms with E-state index < -0.39 is 0 Å². The second-order valence-electron chi connectivity index (χ2n) is 8.40. The van der Waals surface area contributed by atoms with E-state index in [2.05, 4.69) is 20.8 Å². The molecule has 2 heteroatoms. The van der Waals surface area contributed by atoms with Gasteiger partial charge in [0.05, 0.1) is 0 Å². The van der Waals surface area contributed by atoms with E-state index in [1.54, 1.807) is 0 Å². The van der Waals surface area contributed by atoms with Gasteiger partial charge >= 0.3 is 0 Å². The highest BCUT2D eigenvalue weighted by Gasteiger charge is 2.08. The molecule has 0 heterocycles. The van der Waals surface area contributed by atoms with Crippen LogP contribution in [0.2, 0.25) is 0 Å². The SMILES string of the molecule is CC(C)(C)CCCCCCCCCCCCCCCCCN.F. The van der Waals surface area contributed by atoms with E-state index in [1.807, 2.05) is 0 Å². The van der Waals surface area contributed by atoms with E-state index in [0.29, 0.717) is 5.41 Å². The molecule has 0 amide bonds. The van der Waals surface area contributed by atoms with Crippen LogP contribution < -0.4 is 5.73 Å². The van der Waals surface area contributed by atoms with Gasteiger partial charge in [0.1, 0.15) is 0 Å². The summed E-state index contributed by atoms with van der Waals surface area (Å²) in [6.45, 7) is 7.93. The first-order valence-corrected chi connectivity index (χ1v) is 10.3. The van der Waals surface area contributed by atoms with Crippen LogP contribution in [-0.2, 0) is 0 Å². The third-order valence-electron chi connectivity index (χ3n) is 4.63. The van der Waals surface area contributed by atoms with E-state index in [9.17, 15) is 0 Å². The number of nitrogens with two attached hydrogens (primary N) is 1. The Morgan fingerprint density at radius 2 is 0.739 bits per heavy atom. The summed E-state index contributed by atoms with van der Waals surface area (Å²) in [7, 11) is 0. The molecule has 0 aliphatic carbocycles. The minimum atomic E-state index is 0. The summed E-state index contributed by atoms with van der Waals surface area (Å²) in [5.74, 6) is 0. The Hall–Kier alpha value is -0.110. The predicted molar refractivity (Wildman–Crippen MR) is 105 cm³/mol. The Kier molecular flexibility index (Phi) is 19.9. The van der Waals surface area contributed by atoms with Crippen molar-refractivity contribution < 1.29 is 4.70 Å². The molecule has 142 valence electrons. The van der Waals surface area contributed by atoms with Crippen molar-refractivity contribution in [1.29, 1.82) is 0 Å². The number of hydrogen-bond donors (Lipinski definition) is 1. The van der Waals surface area contributed by atoms with Crippen molar-refractivity contribution in [2.75, 3.05) is 6.54 Å². The molecule has 0 atom stereocenters. The molecule has 0 saturated heterocycles. The van der Waals surface area contributed by atoms with E-state index in [4.69, 9.17) is 5.73 Å². The maximum absolute atomic E-state index is 5.50. The molecular weight excluding hydrogens is 285 g/mol. The summed E-state index contributed by atoms with van der Waals surface area (Å²) in [5.41, 5.74) is 6.03. The van der Waals surface area contributed by atoms with Gasteiger partial charge in [0, 0.05) is 0 Å². The van der Waals surface area contributed by atoms with Crippen LogP contribution in [-0.4, -0.2) is 6.54 Å². The van der Waals surface area contributed by atoms with Crippen LogP contribution in [0.3, 0.4) is 0 Å². The molecule has 0 aromatic heterocycles. The maximum Gasteiger partial charge on any atom is -0.00773 e. The quantitative estimate of drug-likeness (QED) is 0.293. The van der Waals surface area contributed by atoms with Crippen LogP contribution in [0.25, 0.3) is 0 Å². The Balaban J connectivity index is 0. The molecule has 0 spiro atoms. The van der Waals surface area contributed by atoms with Gasteiger partial charge in [-0.05, 0) is 24.8 Å². The largest absolute Gasteiger partial charge is 0.330 e. The van der Waals surface area contributed by atoms with Crippen LogP contribution in [0.4, 0.5) is 4.70 Å². The van der Waals surface area contributed by atoms with Crippen molar-refractivity contribution in [1.82, 2.24) is 0 Å². The van der Waals surface area contributed by atoms with Crippen molar-refractivity contribution in [3.63, 3.8) is 0 Å². The third-order valence-corrected chi connectivity index (χ3v) is 4.63. The monoisotopic (exact) mass is 331 g/mol. The smallest absolute Gasteiger partial charge is 0.00773 e. The van der Waals surface area contributed by atoms with Gasteiger partial charge in [0.2, 0.25) is 0 Å². The Bertz CT molecular complexity index is 210. The fourth-order valence-corrected chi connectivity index (χ4v) is 3.10. The van der Waals surface area contributed by atoms with E-state index >= 15 is 0 Å². The first-order valence-electron chi connectivity index (χ1n) is 10.3. The van der Waals surface area contributed by atoms with Gasteiger partial charge in [-0.15, -0.1) is 0 Å². The lowest BCUT2D eigenvalue weighted by Crippen LogP contribution is -2.03.